The van der Waals surface area contributed by atoms with Gasteiger partial charge in [-0.3, -0.25) is 9.59 Å². The molecule has 0 aromatic heterocycles. The number of carbonyl (C=O) groups is 2. The summed E-state index contributed by atoms with van der Waals surface area (Å²) in [5.74, 6) is -0.576. The van der Waals surface area contributed by atoms with Crippen molar-refractivity contribution in [3.8, 4) is 0 Å². The topological polar surface area (TPSA) is 81.4 Å². The molecule has 1 aromatic rings. The molecule has 0 spiro atoms. The maximum absolute atomic E-state index is 11.8. The summed E-state index contributed by atoms with van der Waals surface area (Å²) in [4.78, 5) is 22.8. The zero-order chi connectivity index (χ0) is 13.7. The summed E-state index contributed by atoms with van der Waals surface area (Å²) in [6.45, 7) is 0.799. The minimum Gasteiger partial charge on any atom is -0.378 e. The molecular formula is C14H18N2O3. The highest BCUT2D eigenvalue weighted by molar-refractivity contribution is 5.96. The largest absolute Gasteiger partial charge is 0.378 e. The molecule has 5 heteroatoms. The van der Waals surface area contributed by atoms with Crippen LogP contribution in [0.5, 0.6) is 0 Å². The number of nitrogens with one attached hydrogen (secondary N) is 1. The molecule has 2 amide bonds. The van der Waals surface area contributed by atoms with Crippen molar-refractivity contribution in [3.63, 3.8) is 0 Å². The van der Waals surface area contributed by atoms with Crippen LogP contribution in [-0.2, 0) is 9.53 Å². The number of ether oxygens (including phenoxy) is 1. The van der Waals surface area contributed by atoms with E-state index in [4.69, 9.17) is 10.5 Å². The van der Waals surface area contributed by atoms with Gasteiger partial charge in [0.25, 0.3) is 0 Å². The van der Waals surface area contributed by atoms with Gasteiger partial charge in [-0.1, -0.05) is 6.07 Å². The van der Waals surface area contributed by atoms with Crippen molar-refractivity contribution < 1.29 is 14.3 Å². The monoisotopic (exact) mass is 262 g/mol. The summed E-state index contributed by atoms with van der Waals surface area (Å²) in [5, 5.41) is 2.76. The highest BCUT2D eigenvalue weighted by atomic mass is 16.5. The Bertz CT molecular complexity index is 468. The first-order chi connectivity index (χ1) is 9.15. The van der Waals surface area contributed by atoms with Crippen molar-refractivity contribution in [1.82, 2.24) is 0 Å². The minimum absolute atomic E-state index is 0.0721. The predicted octanol–water partition coefficient (Wildman–Crippen LogP) is 1.68. The summed E-state index contributed by atoms with van der Waals surface area (Å²) in [5.41, 5.74) is 6.16. The molecule has 1 fully saturated rings. The van der Waals surface area contributed by atoms with Crippen molar-refractivity contribution in [2.24, 2.45) is 5.73 Å². The lowest BCUT2D eigenvalue weighted by Crippen LogP contribution is -2.16. The maximum atomic E-state index is 11.8. The highest BCUT2D eigenvalue weighted by Crippen LogP contribution is 2.17. The number of hydrogen-bond donors (Lipinski definition) is 2. The molecule has 5 nitrogen and oxygen atoms in total. The number of hydrogen-bond acceptors (Lipinski definition) is 3. The van der Waals surface area contributed by atoms with Crippen LogP contribution in [0.25, 0.3) is 0 Å². The molecule has 0 radical (unpaired) electrons. The number of primary amides is 1. The normalized spacial score (nSPS) is 18.2. The quantitative estimate of drug-likeness (QED) is 0.847. The standard InChI is InChI=1S/C14H18N2O3/c15-14(18)10-3-1-4-11(9-10)16-13(17)7-6-12-5-2-8-19-12/h1,3-4,9,12H,2,5-8H2,(H2,15,18)(H,16,17). The van der Waals surface area contributed by atoms with Crippen molar-refractivity contribution in [1.29, 1.82) is 0 Å². The predicted molar refractivity (Wildman–Crippen MR) is 71.8 cm³/mol. The zero-order valence-corrected chi connectivity index (χ0v) is 10.7. The average Bonchev–Trinajstić information content (AvgIpc) is 2.90. The first-order valence-corrected chi connectivity index (χ1v) is 6.46. The number of anilines is 1. The molecular weight excluding hydrogens is 244 g/mol. The van der Waals surface area contributed by atoms with Gasteiger partial charge >= 0.3 is 0 Å². The molecule has 0 bridgehead atoms. The summed E-state index contributed by atoms with van der Waals surface area (Å²) in [6.07, 6.45) is 3.48. The number of benzene rings is 1. The summed E-state index contributed by atoms with van der Waals surface area (Å²) in [6, 6.07) is 6.61. The maximum Gasteiger partial charge on any atom is 0.248 e. The van der Waals surface area contributed by atoms with Gasteiger partial charge in [0.2, 0.25) is 11.8 Å². The van der Waals surface area contributed by atoms with Crippen molar-refractivity contribution in [2.45, 2.75) is 31.8 Å². The van der Waals surface area contributed by atoms with Crippen molar-refractivity contribution >= 4 is 17.5 Å². The third-order valence-electron chi connectivity index (χ3n) is 3.15. The summed E-state index contributed by atoms with van der Waals surface area (Å²) >= 11 is 0. The molecule has 1 aromatic carbocycles. The van der Waals surface area contributed by atoms with Gasteiger partial charge in [-0.25, -0.2) is 0 Å². The molecule has 1 unspecified atom stereocenters. The van der Waals surface area contributed by atoms with Crippen LogP contribution in [0.4, 0.5) is 5.69 Å². The Hall–Kier alpha value is -1.88. The molecule has 102 valence electrons. The van der Waals surface area contributed by atoms with Crippen LogP contribution in [0.2, 0.25) is 0 Å². The van der Waals surface area contributed by atoms with Gasteiger partial charge in [-0.2, -0.15) is 0 Å². The Morgan fingerprint density at radius 2 is 2.26 bits per heavy atom. The zero-order valence-electron chi connectivity index (χ0n) is 10.7. The smallest absolute Gasteiger partial charge is 0.248 e. The second kappa shape index (κ2) is 6.33. The van der Waals surface area contributed by atoms with Crippen LogP contribution in [0.15, 0.2) is 24.3 Å². The van der Waals surface area contributed by atoms with Crippen LogP contribution in [-0.4, -0.2) is 24.5 Å². The molecule has 0 aliphatic carbocycles. The van der Waals surface area contributed by atoms with E-state index in [1.54, 1.807) is 24.3 Å². The third-order valence-corrected chi connectivity index (χ3v) is 3.15. The Labute approximate surface area is 112 Å². The molecule has 1 aliphatic heterocycles. The molecule has 1 aliphatic rings. The molecule has 0 saturated carbocycles. The summed E-state index contributed by atoms with van der Waals surface area (Å²) < 4.78 is 5.46. The van der Waals surface area contributed by atoms with E-state index in [0.29, 0.717) is 17.7 Å². The molecule has 2 rings (SSSR count). The third kappa shape index (κ3) is 4.06. The lowest BCUT2D eigenvalue weighted by atomic mass is 10.1. The van der Waals surface area contributed by atoms with Gasteiger partial charge < -0.3 is 15.8 Å². The van der Waals surface area contributed by atoms with Crippen LogP contribution in [0.3, 0.4) is 0 Å². The average molecular weight is 262 g/mol. The fourth-order valence-electron chi connectivity index (χ4n) is 2.14. The van der Waals surface area contributed by atoms with E-state index in [1.807, 2.05) is 0 Å². The molecule has 19 heavy (non-hydrogen) atoms. The Morgan fingerprint density at radius 3 is 2.95 bits per heavy atom. The van der Waals surface area contributed by atoms with Gasteiger partial charge in [-0.15, -0.1) is 0 Å². The first kappa shape index (κ1) is 13.5. The molecule has 1 saturated heterocycles. The van der Waals surface area contributed by atoms with Gasteiger partial charge in [0.05, 0.1) is 6.10 Å². The first-order valence-electron chi connectivity index (χ1n) is 6.46. The summed E-state index contributed by atoms with van der Waals surface area (Å²) in [7, 11) is 0. The molecule has 1 atom stereocenters. The Morgan fingerprint density at radius 1 is 1.42 bits per heavy atom. The van der Waals surface area contributed by atoms with Crippen LogP contribution in [0, 0.1) is 0 Å². The lowest BCUT2D eigenvalue weighted by Gasteiger charge is -2.09. The number of carbonyl (C=O) groups excluding carboxylic acids is 2. The van der Waals surface area contributed by atoms with E-state index in [1.165, 1.54) is 0 Å². The number of amides is 2. The van der Waals surface area contributed by atoms with E-state index in [-0.39, 0.29) is 12.0 Å². The van der Waals surface area contributed by atoms with E-state index >= 15 is 0 Å². The van der Waals surface area contributed by atoms with Crippen molar-refractivity contribution in [3.05, 3.63) is 29.8 Å². The number of rotatable bonds is 5. The van der Waals surface area contributed by atoms with Crippen LogP contribution in [0.1, 0.15) is 36.0 Å². The SMILES string of the molecule is NC(=O)c1cccc(NC(=O)CCC2CCCO2)c1. The second-order valence-corrected chi connectivity index (χ2v) is 4.67. The van der Waals surface area contributed by atoms with E-state index in [9.17, 15) is 9.59 Å². The second-order valence-electron chi connectivity index (χ2n) is 4.67. The molecule has 1 heterocycles. The fraction of sp³-hybridized carbons (Fsp3) is 0.429. The van der Waals surface area contributed by atoms with E-state index in [2.05, 4.69) is 5.32 Å². The Kier molecular flexibility index (Phi) is 4.52. The Balaban J connectivity index is 1.84. The van der Waals surface area contributed by atoms with E-state index in [0.717, 1.165) is 25.9 Å². The molecule has 3 N–H and O–H groups in total. The van der Waals surface area contributed by atoms with Gasteiger partial charge in [0, 0.05) is 24.3 Å². The van der Waals surface area contributed by atoms with Crippen LogP contribution >= 0.6 is 0 Å². The number of nitrogens with two attached hydrogens (primary N) is 1. The lowest BCUT2D eigenvalue weighted by molar-refractivity contribution is -0.116. The van der Waals surface area contributed by atoms with Gasteiger partial charge in [0.1, 0.15) is 0 Å². The minimum atomic E-state index is -0.504. The van der Waals surface area contributed by atoms with Crippen LogP contribution < -0.4 is 11.1 Å². The fourth-order valence-corrected chi connectivity index (χ4v) is 2.14. The van der Waals surface area contributed by atoms with Gasteiger partial charge in [0.15, 0.2) is 0 Å². The van der Waals surface area contributed by atoms with E-state index < -0.39 is 5.91 Å². The highest BCUT2D eigenvalue weighted by Gasteiger charge is 2.16. The van der Waals surface area contributed by atoms with Gasteiger partial charge in [-0.05, 0) is 37.5 Å². The van der Waals surface area contributed by atoms with Crippen molar-refractivity contribution in [2.75, 3.05) is 11.9 Å².